The van der Waals surface area contributed by atoms with Crippen molar-refractivity contribution < 1.29 is 0 Å². The van der Waals surface area contributed by atoms with Crippen molar-refractivity contribution in [3.63, 3.8) is 0 Å². The Bertz CT molecular complexity index is 2760. The molecule has 0 atom stereocenters. The molecule has 0 N–H and O–H groups in total. The first-order valence-electron chi connectivity index (χ1n) is 16.5. The van der Waals surface area contributed by atoms with E-state index in [1.807, 2.05) is 36.4 Å². The summed E-state index contributed by atoms with van der Waals surface area (Å²) in [4.78, 5) is 15.3. The predicted molar refractivity (Wildman–Crippen MR) is 203 cm³/mol. The van der Waals surface area contributed by atoms with Crippen molar-refractivity contribution in [2.45, 2.75) is 0 Å². The number of rotatable bonds is 4. The minimum Gasteiger partial charge on any atom is -0.309 e. The van der Waals surface area contributed by atoms with Gasteiger partial charge in [-0.2, -0.15) is 0 Å². The predicted octanol–water partition coefficient (Wildman–Crippen LogP) is 11.4. The van der Waals surface area contributed by atoms with Crippen LogP contribution in [0.2, 0.25) is 0 Å². The summed E-state index contributed by atoms with van der Waals surface area (Å²) < 4.78 is 2.43. The van der Waals surface area contributed by atoms with E-state index in [4.69, 9.17) is 15.0 Å². The second-order valence-electron chi connectivity index (χ2n) is 12.4. The van der Waals surface area contributed by atoms with Crippen molar-refractivity contribution in [1.82, 2.24) is 19.5 Å². The van der Waals surface area contributed by atoms with Gasteiger partial charge in [0.1, 0.15) is 0 Å². The van der Waals surface area contributed by atoms with Crippen LogP contribution in [0, 0.1) is 0 Å². The summed E-state index contributed by atoms with van der Waals surface area (Å²) in [5, 5.41) is 9.67. The average Bonchev–Trinajstić information content (AvgIpc) is 3.52. The van der Waals surface area contributed by atoms with Crippen molar-refractivity contribution >= 4 is 54.1 Å². The van der Waals surface area contributed by atoms with Gasteiger partial charge < -0.3 is 4.57 Å². The molecule has 2 aromatic heterocycles. The van der Waals surface area contributed by atoms with Gasteiger partial charge in [0.15, 0.2) is 17.5 Å². The Balaban J connectivity index is 1.38. The molecule has 10 rings (SSSR count). The Labute approximate surface area is 282 Å². The van der Waals surface area contributed by atoms with Crippen molar-refractivity contribution in [3.05, 3.63) is 170 Å². The Morgan fingerprint density at radius 2 is 0.694 bits per heavy atom. The third-order valence-corrected chi connectivity index (χ3v) is 9.60. The average molecular weight is 625 g/mol. The Kier molecular flexibility index (Phi) is 6.15. The van der Waals surface area contributed by atoms with Gasteiger partial charge in [0, 0.05) is 32.8 Å². The van der Waals surface area contributed by atoms with E-state index in [0.29, 0.717) is 17.5 Å². The number of hydrogen-bond acceptors (Lipinski definition) is 3. The fourth-order valence-corrected chi connectivity index (χ4v) is 7.44. The van der Waals surface area contributed by atoms with Crippen molar-refractivity contribution in [2.75, 3.05) is 0 Å². The molecule has 0 saturated carbocycles. The van der Waals surface area contributed by atoms with Crippen LogP contribution in [0.5, 0.6) is 0 Å². The maximum Gasteiger partial charge on any atom is 0.164 e. The molecule has 0 saturated heterocycles. The summed E-state index contributed by atoms with van der Waals surface area (Å²) >= 11 is 0. The van der Waals surface area contributed by atoms with Gasteiger partial charge >= 0.3 is 0 Å². The third kappa shape index (κ3) is 4.35. The van der Waals surface area contributed by atoms with E-state index in [1.54, 1.807) is 0 Å². The van der Waals surface area contributed by atoms with Crippen LogP contribution < -0.4 is 0 Å². The van der Waals surface area contributed by atoms with Crippen LogP contribution in [0.4, 0.5) is 0 Å². The maximum absolute atomic E-state index is 5.16. The Morgan fingerprint density at radius 1 is 0.306 bits per heavy atom. The van der Waals surface area contributed by atoms with Crippen LogP contribution in [0.1, 0.15) is 0 Å². The van der Waals surface area contributed by atoms with Crippen LogP contribution in [-0.4, -0.2) is 19.5 Å². The summed E-state index contributed by atoms with van der Waals surface area (Å²) in [5.74, 6) is 1.92. The lowest BCUT2D eigenvalue weighted by molar-refractivity contribution is 1.07. The van der Waals surface area contributed by atoms with Crippen LogP contribution in [0.15, 0.2) is 170 Å². The number of para-hydroxylation sites is 2. The summed E-state index contributed by atoms with van der Waals surface area (Å²) in [6.07, 6.45) is 0. The minimum absolute atomic E-state index is 0.633. The zero-order valence-corrected chi connectivity index (χ0v) is 26.5. The lowest BCUT2D eigenvalue weighted by Gasteiger charge is -2.18. The first-order valence-corrected chi connectivity index (χ1v) is 16.5. The van der Waals surface area contributed by atoms with Crippen molar-refractivity contribution in [2.24, 2.45) is 0 Å². The highest BCUT2D eigenvalue weighted by molar-refractivity contribution is 6.28. The molecular formula is C45H28N4. The maximum atomic E-state index is 5.16. The van der Waals surface area contributed by atoms with Gasteiger partial charge in [0.05, 0.1) is 16.7 Å². The van der Waals surface area contributed by atoms with Crippen LogP contribution in [0.25, 0.3) is 94.0 Å². The molecule has 0 aliphatic carbocycles. The van der Waals surface area contributed by atoms with Gasteiger partial charge in [0.2, 0.25) is 0 Å². The smallest absolute Gasteiger partial charge is 0.164 e. The zero-order valence-electron chi connectivity index (χ0n) is 26.5. The van der Waals surface area contributed by atoms with Gasteiger partial charge in [-0.05, 0) is 51.2 Å². The molecule has 8 aromatic carbocycles. The molecule has 0 amide bonds. The highest BCUT2D eigenvalue weighted by atomic mass is 15.0. The highest BCUT2D eigenvalue weighted by Gasteiger charge is 2.21. The summed E-state index contributed by atoms with van der Waals surface area (Å²) in [5.41, 5.74) is 6.23. The second-order valence-corrected chi connectivity index (χ2v) is 12.4. The molecule has 0 spiro atoms. The summed E-state index contributed by atoms with van der Waals surface area (Å²) in [6, 6.07) is 59.8. The second kappa shape index (κ2) is 11.0. The molecule has 49 heavy (non-hydrogen) atoms. The van der Waals surface area contributed by atoms with E-state index in [1.165, 1.54) is 37.7 Å². The number of nitrogens with zero attached hydrogens (tertiary/aromatic N) is 4. The molecule has 228 valence electrons. The molecule has 0 bridgehead atoms. The SMILES string of the molecule is c1ccc(-c2nc(-c3ccccc3)nc(-c3cc(-n4c5ccccc5c5ccccc54)c4c5ccccc5c5ccccc5c4c3)n2)cc1. The minimum atomic E-state index is 0.633. The molecule has 10 aromatic rings. The molecule has 0 aliphatic heterocycles. The van der Waals surface area contributed by atoms with Gasteiger partial charge in [-0.15, -0.1) is 0 Å². The van der Waals surface area contributed by atoms with Crippen molar-refractivity contribution in [1.29, 1.82) is 0 Å². The topological polar surface area (TPSA) is 43.6 Å². The molecule has 4 heteroatoms. The van der Waals surface area contributed by atoms with E-state index < -0.39 is 0 Å². The lowest BCUT2D eigenvalue weighted by atomic mass is 9.91. The molecule has 0 aliphatic rings. The molecule has 0 radical (unpaired) electrons. The van der Waals surface area contributed by atoms with Crippen LogP contribution >= 0.6 is 0 Å². The molecule has 2 heterocycles. The van der Waals surface area contributed by atoms with E-state index in [2.05, 4.69) is 138 Å². The summed E-state index contributed by atoms with van der Waals surface area (Å²) in [7, 11) is 0. The monoisotopic (exact) mass is 624 g/mol. The van der Waals surface area contributed by atoms with E-state index >= 15 is 0 Å². The van der Waals surface area contributed by atoms with Crippen molar-refractivity contribution in [3.8, 4) is 39.9 Å². The number of hydrogen-bond donors (Lipinski definition) is 0. The lowest BCUT2D eigenvalue weighted by Crippen LogP contribution is -2.02. The molecular weight excluding hydrogens is 597 g/mol. The number of fused-ring (bicyclic) bond motifs is 9. The van der Waals surface area contributed by atoms with E-state index in [-0.39, 0.29) is 0 Å². The largest absolute Gasteiger partial charge is 0.309 e. The highest BCUT2D eigenvalue weighted by Crippen LogP contribution is 2.43. The quantitative estimate of drug-likeness (QED) is 0.183. The fraction of sp³-hybridized carbons (Fsp3) is 0. The van der Waals surface area contributed by atoms with Gasteiger partial charge in [-0.1, -0.05) is 146 Å². The zero-order chi connectivity index (χ0) is 32.3. The normalized spacial score (nSPS) is 11.7. The summed E-state index contributed by atoms with van der Waals surface area (Å²) in [6.45, 7) is 0. The van der Waals surface area contributed by atoms with E-state index in [9.17, 15) is 0 Å². The van der Waals surface area contributed by atoms with Crippen LogP contribution in [0.3, 0.4) is 0 Å². The third-order valence-electron chi connectivity index (χ3n) is 9.60. The van der Waals surface area contributed by atoms with Gasteiger partial charge in [-0.25, -0.2) is 15.0 Å². The van der Waals surface area contributed by atoms with Gasteiger partial charge in [-0.3, -0.25) is 0 Å². The molecule has 4 nitrogen and oxygen atoms in total. The van der Waals surface area contributed by atoms with E-state index in [0.717, 1.165) is 38.8 Å². The standard InChI is InChI=1S/C45H28N4/c1-3-15-29(16-4-1)43-46-44(30-17-5-2-6-18-30)48-45(47-43)31-27-38-34-21-8-7-19-32(34)33-20-9-10-24-37(33)42(38)41(28-31)49-39-25-13-11-22-35(39)36-23-12-14-26-40(36)49/h1-28H. The fourth-order valence-electron chi connectivity index (χ4n) is 7.44. The Hall–Kier alpha value is -6.65. The Morgan fingerprint density at radius 3 is 1.22 bits per heavy atom. The molecule has 0 unspecified atom stereocenters. The first kappa shape index (κ1) is 27.5. The number of aromatic nitrogens is 4. The van der Waals surface area contributed by atoms with Crippen LogP contribution in [-0.2, 0) is 0 Å². The van der Waals surface area contributed by atoms with Gasteiger partial charge in [0.25, 0.3) is 0 Å². The number of benzene rings is 8. The first-order chi connectivity index (χ1) is 24.3. The molecule has 0 fully saturated rings.